The maximum atomic E-state index is 3.54. The van der Waals surface area contributed by atoms with Gasteiger partial charge in [-0.3, -0.25) is 0 Å². The second-order valence-electron chi connectivity index (χ2n) is 4.77. The highest BCUT2D eigenvalue weighted by Gasteiger charge is 2.33. The average molecular weight is 189 g/mol. The van der Waals surface area contributed by atoms with Crippen LogP contribution in [-0.4, -0.2) is 6.54 Å². The Morgan fingerprint density at radius 1 is 1.36 bits per heavy atom. The summed E-state index contributed by atoms with van der Waals surface area (Å²) in [5.41, 5.74) is 5.99. The first-order chi connectivity index (χ1) is 6.57. The molecule has 0 saturated heterocycles. The quantitative estimate of drug-likeness (QED) is 0.714. The largest absolute Gasteiger partial charge is 0.384 e. The molecule has 1 unspecified atom stereocenters. The molecule has 0 amide bonds. The van der Waals surface area contributed by atoms with Gasteiger partial charge in [0.05, 0.1) is 0 Å². The minimum atomic E-state index is 0.339. The molecule has 1 aliphatic rings. The monoisotopic (exact) mass is 189 g/mol. The molecule has 1 heteroatoms. The van der Waals surface area contributed by atoms with E-state index in [2.05, 4.69) is 45.1 Å². The minimum absolute atomic E-state index is 0.339. The predicted molar refractivity (Wildman–Crippen MR) is 62.0 cm³/mol. The summed E-state index contributed by atoms with van der Waals surface area (Å²) < 4.78 is 0. The van der Waals surface area contributed by atoms with Gasteiger partial charge >= 0.3 is 0 Å². The van der Waals surface area contributed by atoms with Crippen LogP contribution in [0.15, 0.2) is 12.1 Å². The van der Waals surface area contributed by atoms with E-state index < -0.39 is 0 Å². The van der Waals surface area contributed by atoms with E-state index in [1.54, 1.807) is 0 Å². The van der Waals surface area contributed by atoms with Gasteiger partial charge in [-0.2, -0.15) is 0 Å². The third-order valence-electron chi connectivity index (χ3n) is 3.57. The molecule has 1 heterocycles. The van der Waals surface area contributed by atoms with Crippen molar-refractivity contribution in [2.24, 2.45) is 0 Å². The van der Waals surface area contributed by atoms with E-state index in [1.165, 1.54) is 28.8 Å². The molecule has 14 heavy (non-hydrogen) atoms. The number of aryl methyl sites for hydroxylation is 2. The van der Waals surface area contributed by atoms with Crippen LogP contribution in [0.3, 0.4) is 0 Å². The molecule has 0 aromatic heterocycles. The number of hydrogen-bond acceptors (Lipinski definition) is 1. The molecule has 0 spiro atoms. The first-order valence-electron chi connectivity index (χ1n) is 5.42. The third kappa shape index (κ3) is 1.23. The van der Waals surface area contributed by atoms with Crippen LogP contribution in [0.5, 0.6) is 0 Å². The summed E-state index contributed by atoms with van der Waals surface area (Å²) in [5.74, 6) is 0. The first kappa shape index (κ1) is 9.57. The molecule has 0 fully saturated rings. The van der Waals surface area contributed by atoms with Gasteiger partial charge in [0, 0.05) is 17.6 Å². The van der Waals surface area contributed by atoms with Gasteiger partial charge < -0.3 is 5.32 Å². The van der Waals surface area contributed by atoms with Gasteiger partial charge in [-0.15, -0.1) is 0 Å². The van der Waals surface area contributed by atoms with Crippen LogP contribution in [0.4, 0.5) is 5.69 Å². The van der Waals surface area contributed by atoms with Gasteiger partial charge in [-0.25, -0.2) is 0 Å². The minimum Gasteiger partial charge on any atom is -0.384 e. The number of nitrogens with one attached hydrogen (secondary N) is 1. The van der Waals surface area contributed by atoms with E-state index in [9.17, 15) is 0 Å². The van der Waals surface area contributed by atoms with E-state index in [0.717, 1.165) is 6.54 Å². The summed E-state index contributed by atoms with van der Waals surface area (Å²) in [5, 5.41) is 3.54. The summed E-state index contributed by atoms with van der Waals surface area (Å²) in [4.78, 5) is 0. The highest BCUT2D eigenvalue weighted by molar-refractivity contribution is 5.65. The molecule has 0 aliphatic carbocycles. The van der Waals surface area contributed by atoms with Crippen molar-refractivity contribution >= 4 is 5.69 Å². The highest BCUT2D eigenvalue weighted by atomic mass is 14.9. The van der Waals surface area contributed by atoms with Crippen molar-refractivity contribution in [3.05, 3.63) is 28.8 Å². The molecule has 1 aromatic carbocycles. The van der Waals surface area contributed by atoms with E-state index in [0.29, 0.717) is 5.41 Å². The summed E-state index contributed by atoms with van der Waals surface area (Å²) in [6.45, 7) is 10.1. The Balaban J connectivity index is 2.60. The van der Waals surface area contributed by atoms with Gasteiger partial charge in [0.25, 0.3) is 0 Å². The first-order valence-corrected chi connectivity index (χ1v) is 5.42. The number of hydrogen-bond donors (Lipinski definition) is 1. The second-order valence-corrected chi connectivity index (χ2v) is 4.77. The van der Waals surface area contributed by atoms with Crippen LogP contribution in [0.2, 0.25) is 0 Å². The van der Waals surface area contributed by atoms with Gasteiger partial charge in [-0.1, -0.05) is 31.5 Å². The predicted octanol–water partition coefficient (Wildman–Crippen LogP) is 3.40. The SMILES string of the molecule is CCC1(C)CNc2c(C)cc(C)cc21. The fraction of sp³-hybridized carbons (Fsp3) is 0.538. The lowest BCUT2D eigenvalue weighted by Gasteiger charge is -2.22. The fourth-order valence-electron chi connectivity index (χ4n) is 2.37. The Hall–Kier alpha value is -0.980. The second kappa shape index (κ2) is 3.01. The standard InChI is InChI=1S/C13H19N/c1-5-13(4)8-14-12-10(3)6-9(2)7-11(12)13/h6-7,14H,5,8H2,1-4H3. The Kier molecular flexibility index (Phi) is 2.06. The fourth-order valence-corrected chi connectivity index (χ4v) is 2.37. The molecule has 1 nitrogen and oxygen atoms in total. The van der Waals surface area contributed by atoms with Gasteiger partial charge in [0.15, 0.2) is 0 Å². The number of benzene rings is 1. The van der Waals surface area contributed by atoms with E-state index >= 15 is 0 Å². The van der Waals surface area contributed by atoms with Crippen molar-refractivity contribution in [1.29, 1.82) is 0 Å². The van der Waals surface area contributed by atoms with Crippen LogP contribution < -0.4 is 5.32 Å². The van der Waals surface area contributed by atoms with E-state index in [1.807, 2.05) is 0 Å². The molecular formula is C13H19N. The van der Waals surface area contributed by atoms with Crippen LogP contribution in [-0.2, 0) is 5.41 Å². The molecule has 1 atom stereocenters. The van der Waals surface area contributed by atoms with Crippen LogP contribution in [0.25, 0.3) is 0 Å². The average Bonchev–Trinajstić information content (AvgIpc) is 2.46. The number of fused-ring (bicyclic) bond motifs is 1. The maximum Gasteiger partial charge on any atom is 0.0409 e. The van der Waals surface area contributed by atoms with Crippen molar-refractivity contribution < 1.29 is 0 Å². The smallest absolute Gasteiger partial charge is 0.0409 e. The molecule has 0 bridgehead atoms. The van der Waals surface area contributed by atoms with Crippen molar-refractivity contribution in [2.75, 3.05) is 11.9 Å². The molecule has 76 valence electrons. The highest BCUT2D eigenvalue weighted by Crippen LogP contribution is 2.41. The Morgan fingerprint density at radius 2 is 2.07 bits per heavy atom. The van der Waals surface area contributed by atoms with Gasteiger partial charge in [0.1, 0.15) is 0 Å². The van der Waals surface area contributed by atoms with Crippen molar-refractivity contribution in [3.8, 4) is 0 Å². The molecular weight excluding hydrogens is 170 g/mol. The summed E-state index contributed by atoms with van der Waals surface area (Å²) >= 11 is 0. The summed E-state index contributed by atoms with van der Waals surface area (Å²) in [6.07, 6.45) is 1.20. The summed E-state index contributed by atoms with van der Waals surface area (Å²) in [6, 6.07) is 4.60. The lowest BCUT2D eigenvalue weighted by molar-refractivity contribution is 0.504. The lowest BCUT2D eigenvalue weighted by atomic mass is 9.81. The molecule has 0 saturated carbocycles. The molecule has 1 aliphatic heterocycles. The van der Waals surface area contributed by atoms with Crippen LogP contribution in [0, 0.1) is 13.8 Å². The van der Waals surface area contributed by atoms with Crippen molar-refractivity contribution in [1.82, 2.24) is 0 Å². The molecule has 0 radical (unpaired) electrons. The van der Waals surface area contributed by atoms with E-state index in [4.69, 9.17) is 0 Å². The third-order valence-corrected chi connectivity index (χ3v) is 3.57. The van der Waals surface area contributed by atoms with Crippen LogP contribution in [0.1, 0.15) is 37.0 Å². The zero-order chi connectivity index (χ0) is 10.3. The van der Waals surface area contributed by atoms with Crippen molar-refractivity contribution in [3.63, 3.8) is 0 Å². The van der Waals surface area contributed by atoms with Gasteiger partial charge in [0.2, 0.25) is 0 Å². The summed E-state index contributed by atoms with van der Waals surface area (Å²) in [7, 11) is 0. The molecule has 1 N–H and O–H groups in total. The van der Waals surface area contributed by atoms with Crippen molar-refractivity contribution in [2.45, 2.75) is 39.5 Å². The normalized spacial score (nSPS) is 24.6. The Morgan fingerprint density at radius 3 is 2.71 bits per heavy atom. The van der Waals surface area contributed by atoms with E-state index in [-0.39, 0.29) is 0 Å². The Labute approximate surface area is 86.5 Å². The zero-order valence-electron chi connectivity index (χ0n) is 9.57. The topological polar surface area (TPSA) is 12.0 Å². The number of rotatable bonds is 1. The number of anilines is 1. The molecule has 2 rings (SSSR count). The van der Waals surface area contributed by atoms with Crippen LogP contribution >= 0.6 is 0 Å². The zero-order valence-corrected chi connectivity index (χ0v) is 9.57. The molecule has 1 aromatic rings. The lowest BCUT2D eigenvalue weighted by Crippen LogP contribution is -2.22. The maximum absolute atomic E-state index is 3.54. The Bertz CT molecular complexity index is 368. The van der Waals surface area contributed by atoms with Gasteiger partial charge in [-0.05, 0) is 31.4 Å².